The lowest BCUT2D eigenvalue weighted by molar-refractivity contribution is -0.126. The quantitative estimate of drug-likeness (QED) is 0.337. The lowest BCUT2D eigenvalue weighted by Gasteiger charge is -2.31. The molecule has 0 saturated carbocycles. The first kappa shape index (κ1) is 24.2. The van der Waals surface area contributed by atoms with Gasteiger partial charge in [-0.3, -0.25) is 14.5 Å². The highest BCUT2D eigenvalue weighted by Crippen LogP contribution is 2.30. The van der Waals surface area contributed by atoms with Crippen LogP contribution in [0.3, 0.4) is 0 Å². The van der Waals surface area contributed by atoms with Crippen molar-refractivity contribution in [2.45, 2.75) is 19.0 Å². The van der Waals surface area contributed by atoms with Crippen molar-refractivity contribution in [2.24, 2.45) is 0 Å². The maximum Gasteiger partial charge on any atom is 0.248 e. The molecule has 1 heterocycles. The van der Waals surface area contributed by atoms with Crippen LogP contribution in [0.4, 0.5) is 10.1 Å². The van der Waals surface area contributed by atoms with Crippen LogP contribution in [0.15, 0.2) is 96.4 Å². The van der Waals surface area contributed by atoms with Gasteiger partial charge in [0.15, 0.2) is 0 Å². The van der Waals surface area contributed by atoms with E-state index >= 15 is 0 Å². The van der Waals surface area contributed by atoms with Crippen LogP contribution in [0.5, 0.6) is 5.75 Å². The van der Waals surface area contributed by atoms with E-state index in [1.807, 2.05) is 47.8 Å². The van der Waals surface area contributed by atoms with Crippen LogP contribution in [0.2, 0.25) is 0 Å². The van der Waals surface area contributed by atoms with Crippen molar-refractivity contribution < 1.29 is 18.7 Å². The summed E-state index contributed by atoms with van der Waals surface area (Å²) >= 11 is 1.47. The Balaban J connectivity index is 1.73. The van der Waals surface area contributed by atoms with Gasteiger partial charge in [-0.1, -0.05) is 48.5 Å². The smallest absolute Gasteiger partial charge is 0.248 e. The summed E-state index contributed by atoms with van der Waals surface area (Å²) in [4.78, 5) is 29.6. The third-order valence-electron chi connectivity index (χ3n) is 5.53. The number of nitrogens with zero attached hydrogens (tertiary/aromatic N) is 1. The van der Waals surface area contributed by atoms with Crippen molar-refractivity contribution in [2.75, 3.05) is 12.0 Å². The molecule has 4 rings (SSSR count). The average molecular weight is 489 g/mol. The summed E-state index contributed by atoms with van der Waals surface area (Å²) in [7, 11) is 1.56. The zero-order valence-electron chi connectivity index (χ0n) is 19.2. The molecule has 1 aromatic heterocycles. The Labute approximate surface area is 207 Å². The SMILES string of the molecule is COc1ccc([C@H](C(=O)NCc2ccccc2)N(C(=O)Cc2cccs2)c2ccc(F)cc2)cc1. The summed E-state index contributed by atoms with van der Waals surface area (Å²) in [6.45, 7) is 0.308. The summed E-state index contributed by atoms with van der Waals surface area (Å²) in [5, 5.41) is 4.87. The van der Waals surface area contributed by atoms with Crippen molar-refractivity contribution >= 4 is 28.8 Å². The van der Waals surface area contributed by atoms with Crippen LogP contribution < -0.4 is 15.0 Å². The summed E-state index contributed by atoms with van der Waals surface area (Å²) < 4.78 is 19.0. The molecule has 0 aliphatic rings. The number of halogens is 1. The van der Waals surface area contributed by atoms with E-state index in [-0.39, 0.29) is 18.2 Å². The topological polar surface area (TPSA) is 58.6 Å². The van der Waals surface area contributed by atoms with E-state index in [1.54, 1.807) is 31.4 Å². The zero-order chi connectivity index (χ0) is 24.6. The molecule has 0 aliphatic heterocycles. The Morgan fingerprint density at radius 3 is 2.29 bits per heavy atom. The van der Waals surface area contributed by atoms with Gasteiger partial charge in [-0.05, 0) is 59.0 Å². The predicted molar refractivity (Wildman–Crippen MR) is 136 cm³/mol. The zero-order valence-corrected chi connectivity index (χ0v) is 20.0. The van der Waals surface area contributed by atoms with Crippen molar-refractivity contribution in [3.63, 3.8) is 0 Å². The Morgan fingerprint density at radius 1 is 0.943 bits per heavy atom. The number of amides is 2. The minimum Gasteiger partial charge on any atom is -0.497 e. The molecule has 0 radical (unpaired) electrons. The van der Waals surface area contributed by atoms with Crippen molar-refractivity contribution in [1.82, 2.24) is 5.32 Å². The Kier molecular flexibility index (Phi) is 7.90. The van der Waals surface area contributed by atoms with Crippen molar-refractivity contribution in [3.05, 3.63) is 118 Å². The van der Waals surface area contributed by atoms with Gasteiger partial charge < -0.3 is 10.1 Å². The fraction of sp³-hybridized carbons (Fsp3) is 0.143. The maximum atomic E-state index is 13.7. The Bertz CT molecular complexity index is 1240. The first-order valence-electron chi connectivity index (χ1n) is 11.1. The molecule has 0 aliphatic carbocycles. The molecule has 5 nitrogen and oxygen atoms in total. The molecule has 0 saturated heterocycles. The monoisotopic (exact) mass is 488 g/mol. The summed E-state index contributed by atoms with van der Waals surface area (Å²) in [5.74, 6) is -0.401. The maximum absolute atomic E-state index is 13.7. The van der Waals surface area contributed by atoms with Gasteiger partial charge >= 0.3 is 0 Å². The van der Waals surface area contributed by atoms with E-state index in [0.717, 1.165) is 10.4 Å². The van der Waals surface area contributed by atoms with Crippen LogP contribution in [0.1, 0.15) is 22.0 Å². The highest BCUT2D eigenvalue weighted by molar-refractivity contribution is 7.10. The van der Waals surface area contributed by atoms with Crippen LogP contribution in [-0.4, -0.2) is 18.9 Å². The third-order valence-corrected chi connectivity index (χ3v) is 6.40. The van der Waals surface area contributed by atoms with Gasteiger partial charge in [-0.25, -0.2) is 4.39 Å². The molecule has 0 bridgehead atoms. The molecule has 1 N–H and O–H groups in total. The van der Waals surface area contributed by atoms with Crippen LogP contribution in [0.25, 0.3) is 0 Å². The van der Waals surface area contributed by atoms with E-state index in [9.17, 15) is 14.0 Å². The number of ether oxygens (including phenoxy) is 1. The molecule has 4 aromatic rings. The minimum atomic E-state index is -0.970. The highest BCUT2D eigenvalue weighted by Gasteiger charge is 2.33. The fourth-order valence-electron chi connectivity index (χ4n) is 3.77. The lowest BCUT2D eigenvalue weighted by Crippen LogP contribution is -2.44. The normalized spacial score (nSPS) is 11.5. The van der Waals surface area contributed by atoms with Crippen molar-refractivity contribution in [1.29, 1.82) is 0 Å². The molecule has 1 atom stereocenters. The number of anilines is 1. The van der Waals surface area contributed by atoms with Gasteiger partial charge in [0, 0.05) is 17.1 Å². The van der Waals surface area contributed by atoms with E-state index in [1.165, 1.54) is 40.5 Å². The minimum absolute atomic E-state index is 0.119. The number of carbonyl (C=O) groups excluding carboxylic acids is 2. The van der Waals surface area contributed by atoms with Crippen LogP contribution in [0, 0.1) is 5.82 Å². The number of hydrogen-bond donors (Lipinski definition) is 1. The second kappa shape index (κ2) is 11.4. The molecule has 2 amide bonds. The number of thiophene rings is 1. The largest absolute Gasteiger partial charge is 0.497 e. The molecule has 0 fully saturated rings. The highest BCUT2D eigenvalue weighted by atomic mass is 32.1. The van der Waals surface area contributed by atoms with E-state index in [0.29, 0.717) is 23.5 Å². The average Bonchev–Trinajstić information content (AvgIpc) is 3.40. The van der Waals surface area contributed by atoms with Crippen LogP contribution >= 0.6 is 11.3 Å². The molecule has 0 unspecified atom stereocenters. The summed E-state index contributed by atoms with van der Waals surface area (Å²) in [5.41, 5.74) is 1.98. The molecule has 3 aromatic carbocycles. The first-order chi connectivity index (χ1) is 17.0. The van der Waals surface area contributed by atoms with Gasteiger partial charge in [-0.2, -0.15) is 0 Å². The predicted octanol–water partition coefficient (Wildman–Crippen LogP) is 5.53. The van der Waals surface area contributed by atoms with Gasteiger partial charge in [0.1, 0.15) is 17.6 Å². The molecule has 0 spiro atoms. The van der Waals surface area contributed by atoms with E-state index in [4.69, 9.17) is 4.74 Å². The summed E-state index contributed by atoms with van der Waals surface area (Å²) in [6.07, 6.45) is 0.119. The second-order valence-corrected chi connectivity index (χ2v) is 8.91. The number of nitrogens with one attached hydrogen (secondary N) is 1. The number of carbonyl (C=O) groups is 2. The standard InChI is InChI=1S/C28H25FN2O3S/c1-34-24-15-9-21(10-16-24)27(28(33)30-19-20-6-3-2-4-7-20)31(23-13-11-22(29)12-14-23)26(32)18-25-8-5-17-35-25/h2-17,27H,18-19H2,1H3,(H,30,33)/t27-/m1/s1. The van der Waals surface area contributed by atoms with Crippen molar-refractivity contribution in [3.8, 4) is 5.75 Å². The van der Waals surface area contributed by atoms with Gasteiger partial charge in [0.2, 0.25) is 11.8 Å². The molecule has 35 heavy (non-hydrogen) atoms. The third kappa shape index (κ3) is 6.13. The Morgan fingerprint density at radius 2 is 1.66 bits per heavy atom. The Hall–Kier alpha value is -3.97. The molecule has 7 heteroatoms. The van der Waals surface area contributed by atoms with Gasteiger partial charge in [0.25, 0.3) is 0 Å². The molecule has 178 valence electrons. The molecular formula is C28H25FN2O3S. The number of rotatable bonds is 9. The number of benzene rings is 3. The van der Waals surface area contributed by atoms with E-state index in [2.05, 4.69) is 5.32 Å². The van der Waals surface area contributed by atoms with Gasteiger partial charge in [-0.15, -0.1) is 11.3 Å². The fourth-order valence-corrected chi connectivity index (χ4v) is 4.47. The molecular weight excluding hydrogens is 463 g/mol. The second-order valence-electron chi connectivity index (χ2n) is 7.88. The number of hydrogen-bond acceptors (Lipinski definition) is 4. The van der Waals surface area contributed by atoms with Crippen LogP contribution in [-0.2, 0) is 22.6 Å². The number of methoxy groups -OCH3 is 1. The lowest BCUT2D eigenvalue weighted by atomic mass is 10.0. The summed E-state index contributed by atoms with van der Waals surface area (Å²) in [6, 6.07) is 25.0. The van der Waals surface area contributed by atoms with Gasteiger partial charge in [0.05, 0.1) is 13.5 Å². The first-order valence-corrected chi connectivity index (χ1v) is 12.0. The van der Waals surface area contributed by atoms with E-state index < -0.39 is 11.9 Å².